The van der Waals surface area contributed by atoms with Gasteiger partial charge in [-0.25, -0.2) is 4.98 Å². The van der Waals surface area contributed by atoms with Crippen molar-refractivity contribution >= 4 is 32.6 Å². The van der Waals surface area contributed by atoms with E-state index in [1.165, 1.54) is 23.6 Å². The fraction of sp³-hybridized carbons (Fsp3) is 0.0714. The van der Waals surface area contributed by atoms with Gasteiger partial charge in [-0.2, -0.15) is 4.73 Å². The van der Waals surface area contributed by atoms with Gasteiger partial charge in [0.1, 0.15) is 0 Å². The van der Waals surface area contributed by atoms with Crippen LogP contribution in [0.15, 0.2) is 42.6 Å². The molecule has 0 fully saturated rings. The molecule has 2 aromatic heterocycles. The van der Waals surface area contributed by atoms with Crippen LogP contribution in [0.1, 0.15) is 16.1 Å². The molecule has 3 rings (SSSR count). The second-order valence-electron chi connectivity index (χ2n) is 4.36. The van der Waals surface area contributed by atoms with Crippen molar-refractivity contribution in [3.05, 3.63) is 59.1 Å². The first-order valence-electron chi connectivity index (χ1n) is 6.00. The lowest BCUT2D eigenvalue weighted by atomic mass is 10.2. The Morgan fingerprint density at radius 1 is 1.35 bits per heavy atom. The van der Waals surface area contributed by atoms with Crippen molar-refractivity contribution in [1.82, 2.24) is 4.98 Å². The van der Waals surface area contributed by atoms with E-state index in [-0.39, 0.29) is 5.69 Å². The zero-order chi connectivity index (χ0) is 14.1. The van der Waals surface area contributed by atoms with Crippen LogP contribution in [-0.4, -0.2) is 10.9 Å². The van der Waals surface area contributed by atoms with Gasteiger partial charge < -0.3 is 5.21 Å². The Bertz CT molecular complexity index is 798. The van der Waals surface area contributed by atoms with Gasteiger partial charge >= 0.3 is 5.91 Å². The maximum Gasteiger partial charge on any atom is 0.323 e. The maximum atomic E-state index is 12.0. The molecular weight excluding hydrogens is 274 g/mol. The molecule has 0 aliphatic rings. The van der Waals surface area contributed by atoms with E-state index >= 15 is 0 Å². The summed E-state index contributed by atoms with van der Waals surface area (Å²) in [5.41, 5.74) is 2.02. The lowest BCUT2D eigenvalue weighted by Gasteiger charge is -2.02. The number of carbonyl (C=O) groups excluding carboxylic acids is 1. The second-order valence-corrected chi connectivity index (χ2v) is 5.39. The molecular formula is C14H11N3O2S. The van der Waals surface area contributed by atoms with Gasteiger partial charge in [-0.1, -0.05) is 17.4 Å². The molecule has 0 unspecified atom stereocenters. The van der Waals surface area contributed by atoms with E-state index in [1.807, 2.05) is 25.1 Å². The fourth-order valence-electron chi connectivity index (χ4n) is 1.85. The monoisotopic (exact) mass is 285 g/mol. The Morgan fingerprint density at radius 2 is 2.20 bits per heavy atom. The number of carbonyl (C=O) groups is 1. The number of anilines is 1. The molecule has 0 aliphatic heterocycles. The molecule has 0 atom stereocenters. The molecule has 1 N–H and O–H groups in total. The smallest absolute Gasteiger partial charge is 0.323 e. The average molecular weight is 285 g/mol. The zero-order valence-electron chi connectivity index (χ0n) is 10.7. The first-order chi connectivity index (χ1) is 9.63. The van der Waals surface area contributed by atoms with E-state index in [4.69, 9.17) is 0 Å². The summed E-state index contributed by atoms with van der Waals surface area (Å²) < 4.78 is 1.54. The standard InChI is InChI=1S/C14H11N3O2S/c1-9-5-6-10-12(8-9)20-14(15-10)16-13(18)11-4-2-3-7-17(11)19/h2-8H,1H3,(H,15,16,18). The number of hydrogen-bond donors (Lipinski definition) is 1. The van der Waals surface area contributed by atoms with Crippen LogP contribution in [0.3, 0.4) is 0 Å². The van der Waals surface area contributed by atoms with Gasteiger partial charge in [-0.15, -0.1) is 0 Å². The summed E-state index contributed by atoms with van der Waals surface area (Å²) >= 11 is 1.39. The molecule has 1 aromatic carbocycles. The van der Waals surface area contributed by atoms with Crippen LogP contribution in [0.2, 0.25) is 0 Å². The van der Waals surface area contributed by atoms with Crippen LogP contribution >= 0.6 is 11.3 Å². The van der Waals surface area contributed by atoms with Crippen molar-refractivity contribution in [2.24, 2.45) is 0 Å². The Balaban J connectivity index is 1.89. The van der Waals surface area contributed by atoms with Gasteiger partial charge in [-0.05, 0) is 30.7 Å². The summed E-state index contributed by atoms with van der Waals surface area (Å²) in [6.07, 6.45) is 1.29. The summed E-state index contributed by atoms with van der Waals surface area (Å²) in [4.78, 5) is 16.3. The van der Waals surface area contributed by atoms with Crippen LogP contribution < -0.4 is 10.0 Å². The predicted molar refractivity (Wildman–Crippen MR) is 77.7 cm³/mol. The van der Waals surface area contributed by atoms with Crippen LogP contribution in [0.25, 0.3) is 10.2 Å². The van der Waals surface area contributed by atoms with Crippen LogP contribution in [-0.2, 0) is 0 Å². The van der Waals surface area contributed by atoms with Gasteiger partial charge in [0.05, 0.1) is 10.2 Å². The molecule has 0 radical (unpaired) electrons. The van der Waals surface area contributed by atoms with Gasteiger partial charge in [-0.3, -0.25) is 10.1 Å². The summed E-state index contributed by atoms with van der Waals surface area (Å²) in [7, 11) is 0. The van der Waals surface area contributed by atoms with E-state index in [9.17, 15) is 10.0 Å². The molecule has 2 heterocycles. The quantitative estimate of drug-likeness (QED) is 0.581. The van der Waals surface area contributed by atoms with Gasteiger partial charge in [0, 0.05) is 12.1 Å². The van der Waals surface area contributed by atoms with E-state index in [1.54, 1.807) is 12.1 Å². The maximum absolute atomic E-state index is 12.0. The molecule has 5 nitrogen and oxygen atoms in total. The highest BCUT2D eigenvalue weighted by molar-refractivity contribution is 7.22. The van der Waals surface area contributed by atoms with Crippen molar-refractivity contribution in [1.29, 1.82) is 0 Å². The Labute approximate surface area is 119 Å². The first kappa shape index (κ1) is 12.6. The molecule has 0 aliphatic carbocycles. The molecule has 20 heavy (non-hydrogen) atoms. The normalized spacial score (nSPS) is 10.7. The number of thiazole rings is 1. The SMILES string of the molecule is Cc1ccc2nc(NC(=O)c3cccc[n+]3[O-])sc2c1. The number of rotatable bonds is 2. The van der Waals surface area contributed by atoms with Gasteiger partial charge in [0.25, 0.3) is 5.69 Å². The van der Waals surface area contributed by atoms with E-state index in [0.29, 0.717) is 9.86 Å². The Kier molecular flexibility index (Phi) is 3.08. The third-order valence-electron chi connectivity index (χ3n) is 2.82. The lowest BCUT2D eigenvalue weighted by molar-refractivity contribution is -0.607. The summed E-state index contributed by atoms with van der Waals surface area (Å²) in [5, 5.41) is 14.6. The van der Waals surface area contributed by atoms with Gasteiger partial charge in [0.15, 0.2) is 11.3 Å². The molecule has 100 valence electrons. The molecule has 0 bridgehead atoms. The lowest BCUT2D eigenvalue weighted by Crippen LogP contribution is -2.36. The third-order valence-corrected chi connectivity index (χ3v) is 3.75. The number of hydrogen-bond acceptors (Lipinski definition) is 4. The molecule has 0 spiro atoms. The Hall–Kier alpha value is -2.47. The van der Waals surface area contributed by atoms with Gasteiger partial charge in [0.2, 0.25) is 0 Å². The average Bonchev–Trinajstić information content (AvgIpc) is 2.80. The van der Waals surface area contributed by atoms with E-state index in [2.05, 4.69) is 10.3 Å². The van der Waals surface area contributed by atoms with Crippen LogP contribution in [0.5, 0.6) is 0 Å². The number of pyridine rings is 1. The zero-order valence-corrected chi connectivity index (χ0v) is 11.5. The first-order valence-corrected chi connectivity index (χ1v) is 6.82. The number of aryl methyl sites for hydroxylation is 1. The molecule has 6 heteroatoms. The highest BCUT2D eigenvalue weighted by Gasteiger charge is 2.16. The minimum atomic E-state index is -0.462. The van der Waals surface area contributed by atoms with E-state index < -0.39 is 5.91 Å². The molecule has 0 saturated carbocycles. The second kappa shape index (κ2) is 4.90. The summed E-state index contributed by atoms with van der Waals surface area (Å²) in [6, 6.07) is 10.6. The van der Waals surface area contributed by atoms with Crippen LogP contribution in [0.4, 0.5) is 5.13 Å². The number of fused-ring (bicyclic) bond motifs is 1. The topological polar surface area (TPSA) is 68.9 Å². The highest BCUT2D eigenvalue weighted by Crippen LogP contribution is 2.26. The third kappa shape index (κ3) is 2.33. The molecule has 1 amide bonds. The number of nitrogens with zero attached hydrogens (tertiary/aromatic N) is 2. The minimum Gasteiger partial charge on any atom is -0.618 e. The van der Waals surface area contributed by atoms with Crippen LogP contribution in [0, 0.1) is 12.1 Å². The predicted octanol–water partition coefficient (Wildman–Crippen LogP) is 2.49. The fourth-order valence-corrected chi connectivity index (χ4v) is 2.81. The number of nitrogens with one attached hydrogen (secondary N) is 1. The number of amides is 1. The highest BCUT2D eigenvalue weighted by atomic mass is 32.1. The molecule has 0 saturated heterocycles. The number of aromatic nitrogens is 2. The van der Waals surface area contributed by atoms with E-state index in [0.717, 1.165) is 15.8 Å². The van der Waals surface area contributed by atoms with Crippen molar-refractivity contribution < 1.29 is 9.52 Å². The molecule has 3 aromatic rings. The largest absolute Gasteiger partial charge is 0.618 e. The number of benzene rings is 1. The minimum absolute atomic E-state index is 0.0444. The Morgan fingerprint density at radius 3 is 3.00 bits per heavy atom. The summed E-state index contributed by atoms with van der Waals surface area (Å²) in [6.45, 7) is 2.00. The van der Waals surface area contributed by atoms with Crippen molar-refractivity contribution in [2.45, 2.75) is 6.92 Å². The van der Waals surface area contributed by atoms with Crippen molar-refractivity contribution in [3.8, 4) is 0 Å². The van der Waals surface area contributed by atoms with Crippen molar-refractivity contribution in [2.75, 3.05) is 5.32 Å². The summed E-state index contributed by atoms with van der Waals surface area (Å²) in [5.74, 6) is -0.462. The van der Waals surface area contributed by atoms with Crippen molar-refractivity contribution in [3.63, 3.8) is 0 Å².